The lowest BCUT2D eigenvalue weighted by molar-refractivity contribution is 0.0639. The number of hydrogen-bond acceptors (Lipinski definition) is 5. The third kappa shape index (κ3) is 3.57. The van der Waals surface area contributed by atoms with Crippen molar-refractivity contribution in [2.45, 2.75) is 25.4 Å². The number of aryl methyl sites for hydroxylation is 1. The number of likely N-dealkylation sites (tertiary alicyclic amines) is 1. The number of pyridine rings is 1. The van der Waals surface area contributed by atoms with Crippen molar-refractivity contribution in [1.29, 1.82) is 0 Å². The predicted molar refractivity (Wildman–Crippen MR) is 98.8 cm³/mol. The molecular weight excluding hydrogens is 328 g/mol. The van der Waals surface area contributed by atoms with Crippen LogP contribution in [0.15, 0.2) is 48.7 Å². The lowest BCUT2D eigenvalue weighted by Gasteiger charge is -2.36. The number of hydrazine groups is 1. The number of hydrogen-bond donors (Lipinski definition) is 2. The Morgan fingerprint density at radius 1 is 1.23 bits per heavy atom. The monoisotopic (exact) mass is 352 g/mol. The maximum Gasteiger partial charge on any atom is 0.255 e. The van der Waals surface area contributed by atoms with Crippen LogP contribution in [0.5, 0.6) is 5.75 Å². The SMILES string of the molecule is Cc1ccc(C(=O)N2CCC3NNC(COc4ccccc4)C3C2)cn1. The first-order valence-corrected chi connectivity index (χ1v) is 9.11. The van der Waals surface area contributed by atoms with Crippen molar-refractivity contribution in [2.75, 3.05) is 19.7 Å². The molecule has 136 valence electrons. The minimum absolute atomic E-state index is 0.0607. The molecule has 2 aliphatic heterocycles. The van der Waals surface area contributed by atoms with Crippen molar-refractivity contribution < 1.29 is 9.53 Å². The summed E-state index contributed by atoms with van der Waals surface area (Å²) in [5.74, 6) is 1.26. The van der Waals surface area contributed by atoms with E-state index in [0.717, 1.165) is 31.0 Å². The highest BCUT2D eigenvalue weighted by molar-refractivity contribution is 5.94. The molecule has 0 radical (unpaired) electrons. The minimum atomic E-state index is 0.0607. The Labute approximate surface area is 153 Å². The topological polar surface area (TPSA) is 66.5 Å². The van der Waals surface area contributed by atoms with E-state index in [1.54, 1.807) is 6.20 Å². The number of nitrogens with zero attached hydrogens (tertiary/aromatic N) is 2. The quantitative estimate of drug-likeness (QED) is 0.878. The van der Waals surface area contributed by atoms with Gasteiger partial charge in [0, 0.05) is 36.9 Å². The van der Waals surface area contributed by atoms with Crippen LogP contribution in [0.2, 0.25) is 0 Å². The minimum Gasteiger partial charge on any atom is -0.492 e. The van der Waals surface area contributed by atoms with Gasteiger partial charge in [0.1, 0.15) is 12.4 Å². The molecule has 4 rings (SSSR count). The van der Waals surface area contributed by atoms with Crippen LogP contribution in [0.3, 0.4) is 0 Å². The number of amides is 1. The maximum absolute atomic E-state index is 12.8. The van der Waals surface area contributed by atoms with E-state index in [0.29, 0.717) is 24.1 Å². The van der Waals surface area contributed by atoms with Crippen molar-refractivity contribution in [3.63, 3.8) is 0 Å². The van der Waals surface area contributed by atoms with E-state index in [4.69, 9.17) is 4.74 Å². The summed E-state index contributed by atoms with van der Waals surface area (Å²) >= 11 is 0. The van der Waals surface area contributed by atoms with Gasteiger partial charge in [-0.1, -0.05) is 18.2 Å². The number of para-hydroxylation sites is 1. The molecule has 6 nitrogen and oxygen atoms in total. The third-order valence-corrected chi connectivity index (χ3v) is 5.25. The summed E-state index contributed by atoms with van der Waals surface area (Å²) in [6.07, 6.45) is 2.61. The maximum atomic E-state index is 12.8. The van der Waals surface area contributed by atoms with Gasteiger partial charge in [-0.3, -0.25) is 20.6 Å². The number of benzene rings is 1. The van der Waals surface area contributed by atoms with Gasteiger partial charge in [-0.2, -0.15) is 0 Å². The van der Waals surface area contributed by atoms with Gasteiger partial charge in [0.05, 0.1) is 11.6 Å². The fraction of sp³-hybridized carbons (Fsp3) is 0.400. The molecule has 3 atom stereocenters. The average Bonchev–Trinajstić information content (AvgIpc) is 3.09. The zero-order valence-corrected chi connectivity index (χ0v) is 14.9. The van der Waals surface area contributed by atoms with Crippen molar-refractivity contribution in [1.82, 2.24) is 20.7 Å². The Morgan fingerprint density at radius 3 is 2.85 bits per heavy atom. The van der Waals surface area contributed by atoms with E-state index in [9.17, 15) is 4.79 Å². The molecule has 2 aromatic rings. The van der Waals surface area contributed by atoms with Crippen molar-refractivity contribution in [3.8, 4) is 5.75 Å². The van der Waals surface area contributed by atoms with Crippen LogP contribution in [-0.2, 0) is 0 Å². The van der Waals surface area contributed by atoms with Crippen LogP contribution in [-0.4, -0.2) is 47.6 Å². The molecule has 2 saturated heterocycles. The summed E-state index contributed by atoms with van der Waals surface area (Å²) in [4.78, 5) is 19.0. The molecule has 1 aromatic carbocycles. The second kappa shape index (κ2) is 7.43. The molecule has 26 heavy (non-hydrogen) atoms. The van der Waals surface area contributed by atoms with Gasteiger partial charge in [-0.25, -0.2) is 0 Å². The van der Waals surface area contributed by atoms with Gasteiger partial charge in [0.25, 0.3) is 5.91 Å². The van der Waals surface area contributed by atoms with Gasteiger partial charge in [-0.15, -0.1) is 0 Å². The normalized spacial score (nSPS) is 25.0. The number of carbonyl (C=O) groups excluding carboxylic acids is 1. The molecule has 1 amide bonds. The summed E-state index contributed by atoms with van der Waals surface area (Å²) in [6.45, 7) is 3.98. The number of aromatic nitrogens is 1. The Morgan fingerprint density at radius 2 is 2.08 bits per heavy atom. The van der Waals surface area contributed by atoms with Crippen LogP contribution >= 0.6 is 0 Å². The third-order valence-electron chi connectivity index (χ3n) is 5.25. The Kier molecular flexibility index (Phi) is 4.86. The zero-order chi connectivity index (χ0) is 17.9. The van der Waals surface area contributed by atoms with Crippen LogP contribution in [0, 0.1) is 12.8 Å². The zero-order valence-electron chi connectivity index (χ0n) is 14.9. The van der Waals surface area contributed by atoms with Gasteiger partial charge in [0.2, 0.25) is 0 Å². The summed E-state index contributed by atoms with van der Waals surface area (Å²) in [6, 6.07) is 14.1. The summed E-state index contributed by atoms with van der Waals surface area (Å²) in [5.41, 5.74) is 8.30. The molecule has 1 aromatic heterocycles. The molecule has 0 saturated carbocycles. The Bertz CT molecular complexity index is 750. The fourth-order valence-electron chi connectivity index (χ4n) is 3.72. The first kappa shape index (κ1) is 17.0. The van der Waals surface area contributed by atoms with Crippen molar-refractivity contribution in [3.05, 3.63) is 59.9 Å². The van der Waals surface area contributed by atoms with E-state index < -0.39 is 0 Å². The number of piperidine rings is 1. The summed E-state index contributed by atoms with van der Waals surface area (Å²) in [7, 11) is 0. The molecule has 2 N–H and O–H groups in total. The molecule has 0 bridgehead atoms. The molecule has 2 fully saturated rings. The van der Waals surface area contributed by atoms with Crippen LogP contribution in [0.25, 0.3) is 0 Å². The Balaban J connectivity index is 1.39. The average molecular weight is 352 g/mol. The van der Waals surface area contributed by atoms with Gasteiger partial charge in [-0.05, 0) is 37.6 Å². The molecule has 2 aliphatic rings. The molecule has 3 unspecified atom stereocenters. The largest absolute Gasteiger partial charge is 0.492 e. The molecule has 0 aliphatic carbocycles. The van der Waals surface area contributed by atoms with Crippen LogP contribution in [0.4, 0.5) is 0 Å². The van der Waals surface area contributed by atoms with E-state index in [1.807, 2.05) is 54.3 Å². The van der Waals surface area contributed by atoms with Crippen molar-refractivity contribution >= 4 is 5.91 Å². The highest BCUT2D eigenvalue weighted by Crippen LogP contribution is 2.26. The fourth-order valence-corrected chi connectivity index (χ4v) is 3.72. The number of nitrogens with one attached hydrogen (secondary N) is 2. The second-order valence-corrected chi connectivity index (χ2v) is 7.02. The standard InChI is InChI=1S/C20H24N4O2/c1-14-7-8-15(11-21-14)20(25)24-10-9-18-17(12-24)19(23-22-18)13-26-16-5-3-2-4-6-16/h2-8,11,17-19,22-23H,9-10,12-13H2,1H3. The van der Waals surface area contributed by atoms with Gasteiger partial charge >= 0.3 is 0 Å². The summed E-state index contributed by atoms with van der Waals surface area (Å²) < 4.78 is 5.92. The van der Waals surface area contributed by atoms with Gasteiger partial charge in [0.15, 0.2) is 0 Å². The number of ether oxygens (including phenoxy) is 1. The first-order chi connectivity index (χ1) is 12.7. The lowest BCUT2D eigenvalue weighted by atomic mass is 9.88. The highest BCUT2D eigenvalue weighted by atomic mass is 16.5. The highest BCUT2D eigenvalue weighted by Gasteiger charge is 2.41. The molecular formula is C20H24N4O2. The second-order valence-electron chi connectivity index (χ2n) is 7.02. The summed E-state index contributed by atoms with van der Waals surface area (Å²) in [5, 5.41) is 0. The molecule has 0 spiro atoms. The molecule has 3 heterocycles. The van der Waals surface area contributed by atoms with E-state index in [1.165, 1.54) is 0 Å². The smallest absolute Gasteiger partial charge is 0.255 e. The number of fused-ring (bicyclic) bond motifs is 1. The Hall–Kier alpha value is -2.44. The van der Waals surface area contributed by atoms with Gasteiger partial charge < -0.3 is 9.64 Å². The predicted octanol–water partition coefficient (Wildman–Crippen LogP) is 1.78. The molecule has 6 heteroatoms. The van der Waals surface area contributed by atoms with Crippen molar-refractivity contribution in [2.24, 2.45) is 5.92 Å². The van der Waals surface area contributed by atoms with Crippen LogP contribution in [0.1, 0.15) is 22.5 Å². The number of rotatable bonds is 4. The number of carbonyl (C=O) groups is 1. The lowest BCUT2D eigenvalue weighted by Crippen LogP contribution is -2.49. The van der Waals surface area contributed by atoms with E-state index in [-0.39, 0.29) is 11.9 Å². The van der Waals surface area contributed by atoms with E-state index in [2.05, 4.69) is 15.8 Å². The van der Waals surface area contributed by atoms with E-state index >= 15 is 0 Å². The van der Waals surface area contributed by atoms with Crippen LogP contribution < -0.4 is 15.6 Å². The first-order valence-electron chi connectivity index (χ1n) is 9.11.